The van der Waals surface area contributed by atoms with Crippen molar-refractivity contribution in [3.05, 3.63) is 54.4 Å². The predicted molar refractivity (Wildman–Crippen MR) is 116 cm³/mol. The van der Waals surface area contributed by atoms with E-state index in [-0.39, 0.29) is 21.8 Å². The van der Waals surface area contributed by atoms with Crippen molar-refractivity contribution < 1.29 is 17.9 Å². The summed E-state index contributed by atoms with van der Waals surface area (Å²) in [6.45, 7) is 1.05. The number of anilines is 1. The standard InChI is InChI=1S/C18H20N6O4S2/c1-28-17-15(20-10-11-21-17)24-30(26,27)14-4-2-13(3-5-14)22-18(29)23-16(25)12-6-8-19-9-7-12/h2-9,17,21H,10-11H2,1H3,(H,20,24)(H2,22,23,25,29). The Balaban J connectivity index is 1.62. The van der Waals surface area contributed by atoms with Crippen LogP contribution in [0.3, 0.4) is 0 Å². The zero-order valence-corrected chi connectivity index (χ0v) is 17.6. The summed E-state index contributed by atoms with van der Waals surface area (Å²) in [7, 11) is -2.38. The first-order chi connectivity index (χ1) is 14.4. The van der Waals surface area contributed by atoms with Crippen LogP contribution in [0.15, 0.2) is 58.7 Å². The molecule has 10 nitrogen and oxygen atoms in total. The minimum Gasteiger partial charge on any atom is -0.359 e. The van der Waals surface area contributed by atoms with E-state index in [0.29, 0.717) is 24.3 Å². The van der Waals surface area contributed by atoms with Crippen molar-refractivity contribution in [1.82, 2.24) is 20.3 Å². The molecule has 158 valence electrons. The van der Waals surface area contributed by atoms with E-state index in [9.17, 15) is 13.2 Å². The molecule has 1 aromatic heterocycles. The summed E-state index contributed by atoms with van der Waals surface area (Å²) in [6.07, 6.45) is 2.39. The van der Waals surface area contributed by atoms with E-state index in [2.05, 4.69) is 30.6 Å². The number of hydrogen-bond acceptors (Lipinski definition) is 8. The van der Waals surface area contributed by atoms with Gasteiger partial charge in [-0.1, -0.05) is 0 Å². The fourth-order valence-electron chi connectivity index (χ4n) is 2.59. The zero-order valence-electron chi connectivity index (χ0n) is 16.0. The molecule has 4 N–H and O–H groups in total. The molecule has 0 spiro atoms. The zero-order chi connectivity index (χ0) is 21.6. The molecule has 0 bridgehead atoms. The Kier molecular flexibility index (Phi) is 7.05. The number of ether oxygens (including phenoxy) is 1. The molecular weight excluding hydrogens is 428 g/mol. The normalized spacial score (nSPS) is 16.3. The van der Waals surface area contributed by atoms with Crippen LogP contribution in [0.4, 0.5) is 5.69 Å². The summed E-state index contributed by atoms with van der Waals surface area (Å²) >= 11 is 5.13. The Labute approximate surface area is 179 Å². The number of thiocarbonyl (C=S) groups is 1. The van der Waals surface area contributed by atoms with Gasteiger partial charge in [-0.3, -0.25) is 30.1 Å². The smallest absolute Gasteiger partial charge is 0.262 e. The van der Waals surface area contributed by atoms with Gasteiger partial charge in [0.25, 0.3) is 15.9 Å². The van der Waals surface area contributed by atoms with Crippen LogP contribution in [0.25, 0.3) is 0 Å². The number of aliphatic imine (C=N–C) groups is 1. The number of carbonyl (C=O) groups excluding carboxylic acids is 1. The Bertz CT molecular complexity index is 1040. The molecular formula is C18H20N6O4S2. The third-order valence-electron chi connectivity index (χ3n) is 4.04. The second kappa shape index (κ2) is 9.71. The van der Waals surface area contributed by atoms with Gasteiger partial charge in [0, 0.05) is 37.3 Å². The first kappa shape index (κ1) is 21.8. The number of carbonyl (C=O) groups is 1. The second-order valence-electron chi connectivity index (χ2n) is 6.11. The van der Waals surface area contributed by atoms with Crippen LogP contribution in [0, 0.1) is 0 Å². The van der Waals surface area contributed by atoms with Crippen molar-refractivity contribution in [2.75, 3.05) is 25.5 Å². The molecule has 1 aliphatic rings. The average molecular weight is 449 g/mol. The van der Waals surface area contributed by atoms with Gasteiger partial charge in [0.2, 0.25) is 0 Å². The number of amidine groups is 1. The number of sulfonamides is 1. The lowest BCUT2D eigenvalue weighted by atomic mass is 10.2. The SMILES string of the molecule is COC1NCCN=C1NS(=O)(=O)c1ccc(NC(=S)NC(=O)c2ccncc2)cc1. The van der Waals surface area contributed by atoms with Crippen molar-refractivity contribution >= 4 is 44.8 Å². The van der Waals surface area contributed by atoms with Gasteiger partial charge in [0.15, 0.2) is 17.2 Å². The van der Waals surface area contributed by atoms with Crippen molar-refractivity contribution in [2.24, 2.45) is 4.99 Å². The largest absolute Gasteiger partial charge is 0.359 e. The molecule has 2 aromatic rings. The van der Waals surface area contributed by atoms with Crippen LogP contribution in [0.2, 0.25) is 0 Å². The molecule has 0 aliphatic carbocycles. The Hall–Kier alpha value is -2.93. The molecule has 0 saturated heterocycles. The Morgan fingerprint density at radius 3 is 2.57 bits per heavy atom. The molecule has 0 radical (unpaired) electrons. The van der Waals surface area contributed by atoms with E-state index in [1.165, 1.54) is 43.8 Å². The van der Waals surface area contributed by atoms with Gasteiger partial charge in [-0.15, -0.1) is 0 Å². The van der Waals surface area contributed by atoms with Crippen molar-refractivity contribution in [3.63, 3.8) is 0 Å². The number of aromatic nitrogens is 1. The molecule has 30 heavy (non-hydrogen) atoms. The lowest BCUT2D eigenvalue weighted by Crippen LogP contribution is -2.51. The van der Waals surface area contributed by atoms with Crippen LogP contribution in [0.1, 0.15) is 10.4 Å². The van der Waals surface area contributed by atoms with E-state index in [1.807, 2.05) is 0 Å². The van der Waals surface area contributed by atoms with E-state index >= 15 is 0 Å². The van der Waals surface area contributed by atoms with E-state index in [4.69, 9.17) is 17.0 Å². The molecule has 1 atom stereocenters. The maximum Gasteiger partial charge on any atom is 0.262 e. The van der Waals surface area contributed by atoms with Gasteiger partial charge < -0.3 is 10.1 Å². The number of rotatable bonds is 5. The van der Waals surface area contributed by atoms with Gasteiger partial charge in [-0.25, -0.2) is 8.42 Å². The molecule has 2 heterocycles. The van der Waals surface area contributed by atoms with Crippen LogP contribution in [0.5, 0.6) is 0 Å². The molecule has 1 aromatic carbocycles. The highest BCUT2D eigenvalue weighted by Gasteiger charge is 2.24. The topological polar surface area (TPSA) is 134 Å². The summed E-state index contributed by atoms with van der Waals surface area (Å²) in [5.41, 5.74) is 0.927. The molecule has 1 unspecified atom stereocenters. The Morgan fingerprint density at radius 2 is 1.90 bits per heavy atom. The van der Waals surface area contributed by atoms with Crippen LogP contribution < -0.4 is 20.7 Å². The predicted octanol–water partition coefficient (Wildman–Crippen LogP) is 0.461. The molecule has 0 fully saturated rings. The maximum absolute atomic E-state index is 12.6. The quantitative estimate of drug-likeness (QED) is 0.485. The van der Waals surface area contributed by atoms with Crippen molar-refractivity contribution in [2.45, 2.75) is 11.1 Å². The monoisotopic (exact) mass is 448 g/mol. The molecule has 1 amide bonds. The minimum atomic E-state index is -3.84. The number of methoxy groups -OCH3 is 1. The van der Waals surface area contributed by atoms with Crippen molar-refractivity contribution in [3.8, 4) is 0 Å². The summed E-state index contributed by atoms with van der Waals surface area (Å²) in [5, 5.41) is 8.46. The highest BCUT2D eigenvalue weighted by atomic mass is 32.2. The molecule has 12 heteroatoms. The van der Waals surface area contributed by atoms with Gasteiger partial charge in [-0.2, -0.15) is 0 Å². The van der Waals surface area contributed by atoms with Crippen LogP contribution >= 0.6 is 12.2 Å². The third-order valence-corrected chi connectivity index (χ3v) is 5.61. The lowest BCUT2D eigenvalue weighted by Gasteiger charge is -2.23. The first-order valence-electron chi connectivity index (χ1n) is 8.85. The average Bonchev–Trinajstić information content (AvgIpc) is 2.75. The van der Waals surface area contributed by atoms with E-state index < -0.39 is 16.3 Å². The summed E-state index contributed by atoms with van der Waals surface area (Å²) in [4.78, 5) is 20.2. The summed E-state index contributed by atoms with van der Waals surface area (Å²) < 4.78 is 32.9. The highest BCUT2D eigenvalue weighted by Crippen LogP contribution is 2.14. The Morgan fingerprint density at radius 1 is 1.20 bits per heavy atom. The van der Waals surface area contributed by atoms with Crippen LogP contribution in [-0.2, 0) is 14.8 Å². The first-order valence-corrected chi connectivity index (χ1v) is 10.7. The number of nitrogens with one attached hydrogen (secondary N) is 4. The minimum absolute atomic E-state index is 0.0444. The van der Waals surface area contributed by atoms with Gasteiger partial charge in [0.1, 0.15) is 0 Å². The lowest BCUT2D eigenvalue weighted by molar-refractivity contribution is 0.0977. The summed E-state index contributed by atoms with van der Waals surface area (Å²) in [6, 6.07) is 9.02. The van der Waals surface area contributed by atoms with Gasteiger partial charge in [-0.05, 0) is 48.6 Å². The molecule has 3 rings (SSSR count). The second-order valence-corrected chi connectivity index (χ2v) is 8.20. The number of nitrogens with zero attached hydrogens (tertiary/aromatic N) is 2. The van der Waals surface area contributed by atoms with Crippen LogP contribution in [-0.4, -0.2) is 56.7 Å². The fraction of sp³-hybridized carbons (Fsp3) is 0.222. The fourth-order valence-corrected chi connectivity index (χ4v) is 3.86. The van der Waals surface area contributed by atoms with Gasteiger partial charge >= 0.3 is 0 Å². The number of benzene rings is 1. The van der Waals surface area contributed by atoms with Crippen molar-refractivity contribution in [1.29, 1.82) is 0 Å². The number of pyridine rings is 1. The van der Waals surface area contributed by atoms with E-state index in [0.717, 1.165) is 0 Å². The van der Waals surface area contributed by atoms with E-state index in [1.54, 1.807) is 12.1 Å². The summed E-state index contributed by atoms with van der Waals surface area (Å²) in [5.74, 6) is -0.182. The number of amides is 1. The molecule has 1 aliphatic heterocycles. The van der Waals surface area contributed by atoms with Gasteiger partial charge in [0.05, 0.1) is 11.4 Å². The molecule has 0 saturated carbocycles. The number of hydrogen-bond donors (Lipinski definition) is 4. The highest BCUT2D eigenvalue weighted by molar-refractivity contribution is 7.90. The maximum atomic E-state index is 12.6. The third kappa shape index (κ3) is 5.57.